The lowest BCUT2D eigenvalue weighted by Gasteiger charge is -2.11. The van der Waals surface area contributed by atoms with Crippen LogP contribution in [0.25, 0.3) is 11.3 Å². The van der Waals surface area contributed by atoms with E-state index in [9.17, 15) is 10.1 Å². The number of nitrogens with zero attached hydrogens (tertiary/aromatic N) is 2. The second kappa shape index (κ2) is 6.23. The van der Waals surface area contributed by atoms with Gasteiger partial charge in [-0.15, -0.1) is 0 Å². The van der Waals surface area contributed by atoms with Crippen molar-refractivity contribution in [2.24, 2.45) is 0 Å². The predicted molar refractivity (Wildman–Crippen MR) is 92.2 cm³/mol. The number of hydrogen-bond donors (Lipinski definition) is 2. The summed E-state index contributed by atoms with van der Waals surface area (Å²) >= 11 is 11.2. The molecule has 116 valence electrons. The monoisotopic (exact) mass is 346 g/mol. The fourth-order valence-electron chi connectivity index (χ4n) is 2.10. The number of H-pyrrole nitrogens is 1. The van der Waals surface area contributed by atoms with Crippen molar-refractivity contribution in [1.82, 2.24) is 9.66 Å². The molecule has 0 aliphatic rings. The van der Waals surface area contributed by atoms with Gasteiger partial charge in [-0.25, -0.2) is 4.68 Å². The van der Waals surface area contributed by atoms with E-state index in [1.54, 1.807) is 35.1 Å². The first-order valence-corrected chi connectivity index (χ1v) is 7.41. The van der Waals surface area contributed by atoms with Gasteiger partial charge in [-0.1, -0.05) is 23.7 Å². The molecule has 1 aromatic heterocycles. The molecular weight excluding hydrogens is 336 g/mol. The van der Waals surface area contributed by atoms with E-state index in [-0.39, 0.29) is 5.69 Å². The van der Waals surface area contributed by atoms with E-state index in [2.05, 4.69) is 10.4 Å². The minimum absolute atomic E-state index is 0.0335. The van der Waals surface area contributed by atoms with Crippen molar-refractivity contribution in [3.8, 4) is 11.3 Å². The zero-order valence-corrected chi connectivity index (χ0v) is 13.3. The Kier molecular flexibility index (Phi) is 4.14. The number of halogens is 1. The smallest absolute Gasteiger partial charge is 0.269 e. The van der Waals surface area contributed by atoms with Crippen LogP contribution in [0.2, 0.25) is 5.02 Å². The Balaban J connectivity index is 1.94. The third kappa shape index (κ3) is 3.25. The zero-order chi connectivity index (χ0) is 16.4. The molecule has 23 heavy (non-hydrogen) atoms. The summed E-state index contributed by atoms with van der Waals surface area (Å²) in [6.07, 6.45) is 1.78. The van der Waals surface area contributed by atoms with Gasteiger partial charge < -0.3 is 4.98 Å². The first-order valence-electron chi connectivity index (χ1n) is 6.62. The van der Waals surface area contributed by atoms with Crippen molar-refractivity contribution in [2.75, 3.05) is 5.43 Å². The highest BCUT2D eigenvalue weighted by atomic mass is 35.5. The molecule has 0 bridgehead atoms. The number of nitro groups is 1. The molecule has 3 aromatic rings. The van der Waals surface area contributed by atoms with E-state index < -0.39 is 4.92 Å². The highest BCUT2D eigenvalue weighted by molar-refractivity contribution is 7.71. The predicted octanol–water partition coefficient (Wildman–Crippen LogP) is 4.65. The molecule has 0 saturated carbocycles. The van der Waals surface area contributed by atoms with Crippen molar-refractivity contribution in [3.63, 3.8) is 0 Å². The number of anilines is 1. The van der Waals surface area contributed by atoms with Gasteiger partial charge in [0.1, 0.15) is 0 Å². The molecule has 2 aromatic carbocycles. The maximum absolute atomic E-state index is 10.7. The summed E-state index contributed by atoms with van der Waals surface area (Å²) in [5.74, 6) is 0. The highest BCUT2D eigenvalue weighted by Gasteiger charge is 2.08. The number of rotatable bonds is 4. The summed E-state index contributed by atoms with van der Waals surface area (Å²) < 4.78 is 2.17. The SMILES string of the molecule is O=[N+]([O-])c1ccc(Nn2c(-c3ccc(Cl)cc3)c[nH]c2=S)cc1. The summed E-state index contributed by atoms with van der Waals surface area (Å²) in [6.45, 7) is 0. The van der Waals surface area contributed by atoms with Crippen LogP contribution in [0.1, 0.15) is 0 Å². The minimum atomic E-state index is -0.440. The topological polar surface area (TPSA) is 75.9 Å². The second-order valence-electron chi connectivity index (χ2n) is 4.74. The quantitative estimate of drug-likeness (QED) is 0.409. The number of aromatic amines is 1. The Morgan fingerprint density at radius 2 is 1.78 bits per heavy atom. The fourth-order valence-corrected chi connectivity index (χ4v) is 2.43. The molecule has 0 amide bonds. The molecule has 0 atom stereocenters. The van der Waals surface area contributed by atoms with E-state index in [0.29, 0.717) is 15.5 Å². The van der Waals surface area contributed by atoms with Crippen molar-refractivity contribution in [2.45, 2.75) is 0 Å². The molecule has 0 radical (unpaired) electrons. The van der Waals surface area contributed by atoms with Crippen molar-refractivity contribution >= 4 is 35.2 Å². The second-order valence-corrected chi connectivity index (χ2v) is 5.56. The average molecular weight is 347 g/mol. The highest BCUT2D eigenvalue weighted by Crippen LogP contribution is 2.23. The Hall–Kier alpha value is -2.64. The van der Waals surface area contributed by atoms with Gasteiger partial charge in [-0.3, -0.25) is 15.5 Å². The van der Waals surface area contributed by atoms with Crippen LogP contribution in [0, 0.1) is 14.9 Å². The number of nitrogens with one attached hydrogen (secondary N) is 2. The van der Waals surface area contributed by atoms with Gasteiger partial charge in [0.15, 0.2) is 4.77 Å². The van der Waals surface area contributed by atoms with E-state index in [0.717, 1.165) is 11.3 Å². The zero-order valence-electron chi connectivity index (χ0n) is 11.7. The van der Waals surface area contributed by atoms with Crippen LogP contribution in [0.3, 0.4) is 0 Å². The summed E-state index contributed by atoms with van der Waals surface area (Å²) in [5.41, 5.74) is 5.59. The van der Waals surface area contributed by atoms with Gasteiger partial charge in [-0.05, 0) is 36.5 Å². The van der Waals surface area contributed by atoms with Crippen molar-refractivity contribution < 1.29 is 4.92 Å². The van der Waals surface area contributed by atoms with E-state index in [1.807, 2.05) is 12.1 Å². The molecule has 0 saturated heterocycles. The molecule has 2 N–H and O–H groups in total. The van der Waals surface area contributed by atoms with Gasteiger partial charge in [-0.2, -0.15) is 0 Å². The van der Waals surface area contributed by atoms with Crippen molar-refractivity contribution in [3.05, 3.63) is 74.6 Å². The summed E-state index contributed by atoms with van der Waals surface area (Å²) in [5, 5.41) is 11.3. The molecule has 0 aliphatic heterocycles. The molecule has 0 unspecified atom stereocenters. The first kappa shape index (κ1) is 15.3. The summed E-state index contributed by atoms with van der Waals surface area (Å²) in [7, 11) is 0. The lowest BCUT2D eigenvalue weighted by Crippen LogP contribution is -2.10. The van der Waals surface area contributed by atoms with Crippen LogP contribution in [-0.2, 0) is 0 Å². The third-order valence-electron chi connectivity index (χ3n) is 3.24. The molecular formula is C15H11ClN4O2S. The standard InChI is InChI=1S/C15H11ClN4O2S/c16-11-3-1-10(2-4-11)14-9-17-15(23)19(14)18-12-5-7-13(8-6-12)20(21)22/h1-9,18H,(H,17,23). The van der Waals surface area contributed by atoms with Gasteiger partial charge in [0.2, 0.25) is 0 Å². The van der Waals surface area contributed by atoms with Gasteiger partial charge in [0.05, 0.1) is 16.3 Å². The maximum Gasteiger partial charge on any atom is 0.269 e. The molecule has 0 spiro atoms. The number of imidazole rings is 1. The van der Waals surface area contributed by atoms with Crippen LogP contribution < -0.4 is 5.43 Å². The normalized spacial score (nSPS) is 10.5. The van der Waals surface area contributed by atoms with E-state index >= 15 is 0 Å². The Labute approximate surface area is 141 Å². The van der Waals surface area contributed by atoms with E-state index in [4.69, 9.17) is 23.8 Å². The summed E-state index contributed by atoms with van der Waals surface area (Å²) in [6, 6.07) is 13.5. The Bertz CT molecular complexity index is 900. The number of benzene rings is 2. The minimum Gasteiger partial charge on any atom is -0.335 e. The molecule has 6 nitrogen and oxygen atoms in total. The summed E-state index contributed by atoms with van der Waals surface area (Å²) in [4.78, 5) is 13.2. The van der Waals surface area contributed by atoms with Gasteiger partial charge in [0, 0.05) is 28.9 Å². The number of non-ortho nitro benzene ring substituents is 1. The lowest BCUT2D eigenvalue weighted by atomic mass is 10.2. The van der Waals surface area contributed by atoms with E-state index in [1.165, 1.54) is 12.1 Å². The molecule has 3 rings (SSSR count). The average Bonchev–Trinajstić information content (AvgIpc) is 2.90. The number of aromatic nitrogens is 2. The van der Waals surface area contributed by atoms with Gasteiger partial charge >= 0.3 is 0 Å². The van der Waals surface area contributed by atoms with Crippen LogP contribution in [0.5, 0.6) is 0 Å². The molecule has 8 heteroatoms. The Morgan fingerprint density at radius 3 is 2.39 bits per heavy atom. The fraction of sp³-hybridized carbons (Fsp3) is 0. The molecule has 0 fully saturated rings. The number of hydrogen-bond acceptors (Lipinski definition) is 4. The van der Waals surface area contributed by atoms with Gasteiger partial charge in [0.25, 0.3) is 5.69 Å². The largest absolute Gasteiger partial charge is 0.335 e. The van der Waals surface area contributed by atoms with Crippen molar-refractivity contribution in [1.29, 1.82) is 0 Å². The van der Waals surface area contributed by atoms with Crippen LogP contribution >= 0.6 is 23.8 Å². The third-order valence-corrected chi connectivity index (χ3v) is 3.79. The van der Waals surface area contributed by atoms with Crippen LogP contribution in [0.15, 0.2) is 54.7 Å². The van der Waals surface area contributed by atoms with Crippen LogP contribution in [-0.4, -0.2) is 14.6 Å². The molecule has 0 aliphatic carbocycles. The number of nitro benzene ring substituents is 1. The Morgan fingerprint density at radius 1 is 1.13 bits per heavy atom. The maximum atomic E-state index is 10.7. The lowest BCUT2D eigenvalue weighted by molar-refractivity contribution is -0.384. The first-order chi connectivity index (χ1) is 11.0. The van der Waals surface area contributed by atoms with Crippen LogP contribution in [0.4, 0.5) is 11.4 Å². The molecule has 1 heterocycles.